The number of aromatic nitrogens is 2. The Morgan fingerprint density at radius 2 is 2.20 bits per heavy atom. The summed E-state index contributed by atoms with van der Waals surface area (Å²) in [5.41, 5.74) is 8.21. The predicted octanol–water partition coefficient (Wildman–Crippen LogP) is 2.94. The van der Waals surface area contributed by atoms with Crippen molar-refractivity contribution in [3.63, 3.8) is 0 Å². The Kier molecular flexibility index (Phi) is 4.33. The Morgan fingerprint density at radius 1 is 1.36 bits per heavy atom. The largest absolute Gasteiger partial charge is 0.489 e. The Labute approximate surface area is 153 Å². The average molecular weight is 356 g/mol. The molecule has 0 bridgehead atoms. The fourth-order valence-electron chi connectivity index (χ4n) is 3.89. The summed E-state index contributed by atoms with van der Waals surface area (Å²) < 4.78 is 6.44. The normalized spacial score (nSPS) is 25.9. The Hall–Kier alpha value is -1.79. The van der Waals surface area contributed by atoms with Gasteiger partial charge in [0.15, 0.2) is 0 Å². The molecule has 2 aromatic rings. The number of anilines is 1. The second kappa shape index (κ2) is 6.50. The molecule has 132 valence electrons. The molecule has 0 amide bonds. The van der Waals surface area contributed by atoms with Gasteiger partial charge in [0.1, 0.15) is 29.0 Å². The molecule has 4 rings (SSSR count). The van der Waals surface area contributed by atoms with Crippen LogP contribution in [-0.4, -0.2) is 46.4 Å². The maximum atomic E-state index is 6.44. The van der Waals surface area contributed by atoms with E-state index in [4.69, 9.17) is 10.5 Å². The first kappa shape index (κ1) is 16.7. The van der Waals surface area contributed by atoms with Gasteiger partial charge in [0.05, 0.1) is 0 Å². The molecule has 2 aliphatic heterocycles. The van der Waals surface area contributed by atoms with Gasteiger partial charge in [-0.2, -0.15) is 0 Å². The third kappa shape index (κ3) is 2.87. The number of hydrogen-bond donors (Lipinski definition) is 1. The summed E-state index contributed by atoms with van der Waals surface area (Å²) in [5.74, 6) is 2.44. The molecule has 6 heteroatoms. The summed E-state index contributed by atoms with van der Waals surface area (Å²) in [7, 11) is 0. The fourth-order valence-corrected chi connectivity index (χ4v) is 5.21. The van der Waals surface area contributed by atoms with Crippen LogP contribution < -0.4 is 10.5 Å². The van der Waals surface area contributed by atoms with Crippen molar-refractivity contribution in [2.24, 2.45) is 0 Å². The summed E-state index contributed by atoms with van der Waals surface area (Å²) in [6.07, 6.45) is 2.88. The van der Waals surface area contributed by atoms with E-state index < -0.39 is 0 Å². The van der Waals surface area contributed by atoms with Crippen LogP contribution in [0, 0.1) is 0 Å². The molecule has 2 aliphatic rings. The van der Waals surface area contributed by atoms with Crippen molar-refractivity contribution in [3.8, 4) is 5.75 Å². The highest BCUT2D eigenvalue weighted by Gasteiger charge is 2.42. The van der Waals surface area contributed by atoms with Crippen LogP contribution >= 0.6 is 11.8 Å². The van der Waals surface area contributed by atoms with Crippen molar-refractivity contribution in [2.45, 2.75) is 36.8 Å². The number of rotatable bonds is 4. The Morgan fingerprint density at radius 3 is 3.00 bits per heavy atom. The third-order valence-corrected chi connectivity index (χ3v) is 6.65. The van der Waals surface area contributed by atoms with E-state index in [-0.39, 0.29) is 11.5 Å². The number of nitrogen functional groups attached to an aromatic ring is 1. The molecule has 0 saturated carbocycles. The number of nitrogens with zero attached hydrogens (tertiary/aromatic N) is 3. The first-order chi connectivity index (χ1) is 12.1. The zero-order valence-corrected chi connectivity index (χ0v) is 15.6. The molecule has 0 aliphatic carbocycles. The Balaban J connectivity index is 1.69. The van der Waals surface area contributed by atoms with Gasteiger partial charge in [-0.15, -0.1) is 11.8 Å². The monoisotopic (exact) mass is 356 g/mol. The third-order valence-electron chi connectivity index (χ3n) is 5.34. The number of thioether (sulfide) groups is 1. The molecule has 1 fully saturated rings. The SMILES string of the molecule is CCN1CCC(Oc2ccccc2C2(C)CSc3ncnc(N)c32)C1. The van der Waals surface area contributed by atoms with Crippen molar-refractivity contribution in [2.75, 3.05) is 31.1 Å². The lowest BCUT2D eigenvalue weighted by Gasteiger charge is -2.29. The molecular formula is C19H24N4OS. The quantitative estimate of drug-likeness (QED) is 0.850. The number of likely N-dealkylation sites (tertiary alicyclic amines) is 1. The van der Waals surface area contributed by atoms with Crippen LogP contribution in [0.15, 0.2) is 35.6 Å². The van der Waals surface area contributed by atoms with E-state index in [0.29, 0.717) is 5.82 Å². The minimum Gasteiger partial charge on any atom is -0.489 e. The number of para-hydroxylation sites is 1. The smallest absolute Gasteiger partial charge is 0.132 e. The molecule has 0 spiro atoms. The minimum atomic E-state index is -0.231. The fraction of sp³-hybridized carbons (Fsp3) is 0.474. The van der Waals surface area contributed by atoms with E-state index in [1.165, 1.54) is 5.56 Å². The molecule has 1 saturated heterocycles. The van der Waals surface area contributed by atoms with E-state index in [9.17, 15) is 0 Å². The second-order valence-corrected chi connectivity index (χ2v) is 7.94. The van der Waals surface area contributed by atoms with Gasteiger partial charge in [-0.05, 0) is 19.0 Å². The standard InChI is InChI=1S/C19H24N4OS/c1-3-23-9-8-13(10-23)24-15-7-5-4-6-14(15)19(2)11-25-18-16(19)17(20)21-12-22-18/h4-7,12-13H,3,8-11H2,1-2H3,(H2,20,21,22). The van der Waals surface area contributed by atoms with Gasteiger partial charge < -0.3 is 10.5 Å². The first-order valence-electron chi connectivity index (χ1n) is 8.84. The van der Waals surface area contributed by atoms with Gasteiger partial charge in [-0.1, -0.05) is 32.0 Å². The van der Waals surface area contributed by atoms with Gasteiger partial charge in [0.2, 0.25) is 0 Å². The minimum absolute atomic E-state index is 0.231. The maximum Gasteiger partial charge on any atom is 0.132 e. The summed E-state index contributed by atoms with van der Waals surface area (Å²) in [4.78, 5) is 11.1. The molecule has 2 N–H and O–H groups in total. The Bertz CT molecular complexity index is 784. The molecule has 2 atom stereocenters. The highest BCUT2D eigenvalue weighted by atomic mass is 32.2. The maximum absolute atomic E-state index is 6.44. The lowest BCUT2D eigenvalue weighted by atomic mass is 9.78. The summed E-state index contributed by atoms with van der Waals surface area (Å²) in [6, 6.07) is 8.35. The second-order valence-electron chi connectivity index (χ2n) is 6.98. The van der Waals surface area contributed by atoms with Gasteiger partial charge in [-0.25, -0.2) is 9.97 Å². The highest BCUT2D eigenvalue weighted by Crippen LogP contribution is 2.50. The van der Waals surface area contributed by atoms with Crippen molar-refractivity contribution in [3.05, 3.63) is 41.7 Å². The van der Waals surface area contributed by atoms with Gasteiger partial charge in [0, 0.05) is 35.4 Å². The van der Waals surface area contributed by atoms with Crippen molar-refractivity contribution < 1.29 is 4.74 Å². The van der Waals surface area contributed by atoms with Crippen molar-refractivity contribution >= 4 is 17.6 Å². The number of likely N-dealkylation sites (N-methyl/N-ethyl adjacent to an activating group) is 1. The number of fused-ring (bicyclic) bond motifs is 1. The zero-order chi connectivity index (χ0) is 17.4. The summed E-state index contributed by atoms with van der Waals surface area (Å²) in [6.45, 7) is 7.61. The van der Waals surface area contributed by atoms with Crippen LogP contribution in [0.5, 0.6) is 5.75 Å². The van der Waals surface area contributed by atoms with Crippen LogP contribution in [0.3, 0.4) is 0 Å². The molecule has 5 nitrogen and oxygen atoms in total. The molecule has 0 radical (unpaired) electrons. The van der Waals surface area contributed by atoms with Gasteiger partial charge in [-0.3, -0.25) is 4.90 Å². The molecule has 1 aromatic carbocycles. The molecule has 25 heavy (non-hydrogen) atoms. The molecule has 3 heterocycles. The highest BCUT2D eigenvalue weighted by molar-refractivity contribution is 7.99. The van der Waals surface area contributed by atoms with Crippen molar-refractivity contribution in [1.29, 1.82) is 0 Å². The number of ether oxygens (including phenoxy) is 1. The number of nitrogens with two attached hydrogens (primary N) is 1. The molecule has 2 unspecified atom stereocenters. The van der Waals surface area contributed by atoms with E-state index in [1.807, 2.05) is 6.07 Å². The van der Waals surface area contributed by atoms with Crippen LogP contribution in [0.2, 0.25) is 0 Å². The average Bonchev–Trinajstić information content (AvgIpc) is 3.21. The van der Waals surface area contributed by atoms with Crippen LogP contribution in [0.1, 0.15) is 31.4 Å². The lowest BCUT2D eigenvalue weighted by Crippen LogP contribution is -2.28. The lowest BCUT2D eigenvalue weighted by molar-refractivity contribution is 0.199. The van der Waals surface area contributed by atoms with E-state index in [1.54, 1.807) is 18.1 Å². The van der Waals surface area contributed by atoms with Crippen LogP contribution in [-0.2, 0) is 5.41 Å². The summed E-state index contributed by atoms with van der Waals surface area (Å²) in [5, 5.41) is 0.989. The molecule has 1 aromatic heterocycles. The zero-order valence-electron chi connectivity index (χ0n) is 14.7. The number of benzene rings is 1. The topological polar surface area (TPSA) is 64.3 Å². The van der Waals surface area contributed by atoms with Crippen LogP contribution in [0.25, 0.3) is 0 Å². The summed E-state index contributed by atoms with van der Waals surface area (Å²) >= 11 is 1.74. The van der Waals surface area contributed by atoms with Gasteiger partial charge in [0.25, 0.3) is 0 Å². The van der Waals surface area contributed by atoms with E-state index >= 15 is 0 Å². The van der Waals surface area contributed by atoms with E-state index in [2.05, 4.69) is 46.9 Å². The van der Waals surface area contributed by atoms with E-state index in [0.717, 1.165) is 48.1 Å². The van der Waals surface area contributed by atoms with Crippen LogP contribution in [0.4, 0.5) is 5.82 Å². The van der Waals surface area contributed by atoms with Crippen molar-refractivity contribution in [1.82, 2.24) is 14.9 Å². The molecular weight excluding hydrogens is 332 g/mol. The predicted molar refractivity (Wildman–Crippen MR) is 101 cm³/mol. The van der Waals surface area contributed by atoms with Gasteiger partial charge >= 0.3 is 0 Å². The number of hydrogen-bond acceptors (Lipinski definition) is 6. The first-order valence-corrected chi connectivity index (χ1v) is 9.82.